The molecule has 1 aromatic carbocycles. The van der Waals surface area contributed by atoms with Crippen LogP contribution in [-0.2, 0) is 4.79 Å². The monoisotopic (exact) mass is 380 g/mol. The summed E-state index contributed by atoms with van der Waals surface area (Å²) >= 11 is 0. The lowest BCUT2D eigenvalue weighted by Gasteiger charge is -2.28. The van der Waals surface area contributed by atoms with Gasteiger partial charge in [-0.3, -0.25) is 4.79 Å². The van der Waals surface area contributed by atoms with Gasteiger partial charge in [0.1, 0.15) is 16.9 Å². The normalized spacial score (nSPS) is 21.3. The van der Waals surface area contributed by atoms with E-state index in [9.17, 15) is 9.59 Å². The summed E-state index contributed by atoms with van der Waals surface area (Å²) in [5.74, 6) is 0.637. The van der Waals surface area contributed by atoms with E-state index in [1.54, 1.807) is 18.2 Å². The van der Waals surface area contributed by atoms with E-state index in [0.717, 1.165) is 35.8 Å². The Morgan fingerprint density at radius 3 is 2.61 bits per heavy atom. The first-order valence-electron chi connectivity index (χ1n) is 9.82. The van der Waals surface area contributed by atoms with E-state index in [1.165, 1.54) is 0 Å². The Morgan fingerprint density at radius 2 is 1.89 bits per heavy atom. The second-order valence-electron chi connectivity index (χ2n) is 8.23. The van der Waals surface area contributed by atoms with Crippen LogP contribution >= 0.6 is 0 Å². The number of rotatable bonds is 6. The first-order chi connectivity index (χ1) is 13.2. The highest BCUT2D eigenvalue weighted by Gasteiger charge is 2.44. The predicted octanol–water partition coefficient (Wildman–Crippen LogP) is 5.70. The number of fused-ring (bicyclic) bond motifs is 3. The average molecular weight is 380 g/mol. The molecule has 1 aliphatic heterocycles. The van der Waals surface area contributed by atoms with Gasteiger partial charge >= 0.3 is 5.63 Å². The minimum atomic E-state index is -0.467. The van der Waals surface area contributed by atoms with Gasteiger partial charge in [-0.15, -0.1) is 0 Å². The highest BCUT2D eigenvalue weighted by Crippen LogP contribution is 2.48. The summed E-state index contributed by atoms with van der Waals surface area (Å²) in [6.45, 7) is 9.89. The zero-order valence-corrected chi connectivity index (χ0v) is 17.3. The third-order valence-electron chi connectivity index (χ3n) is 5.55. The van der Waals surface area contributed by atoms with Gasteiger partial charge < -0.3 is 9.15 Å². The molecule has 2 aromatic rings. The zero-order valence-electron chi connectivity index (χ0n) is 17.3. The fourth-order valence-electron chi connectivity index (χ4n) is 3.87. The van der Waals surface area contributed by atoms with Crippen LogP contribution in [0.3, 0.4) is 0 Å². The molecule has 0 saturated heterocycles. The number of carbonyl (C=O) groups is 1. The van der Waals surface area contributed by atoms with Gasteiger partial charge in [0.15, 0.2) is 5.78 Å². The molecule has 0 amide bonds. The van der Waals surface area contributed by atoms with Gasteiger partial charge in [0.2, 0.25) is 0 Å². The van der Waals surface area contributed by atoms with E-state index in [4.69, 9.17) is 9.15 Å². The highest BCUT2D eigenvalue weighted by atomic mass is 16.5. The van der Waals surface area contributed by atoms with E-state index in [-0.39, 0.29) is 17.3 Å². The van der Waals surface area contributed by atoms with Crippen molar-refractivity contribution in [3.05, 3.63) is 63.5 Å². The molecule has 1 aromatic heterocycles. The fourth-order valence-corrected chi connectivity index (χ4v) is 3.87. The molecule has 0 N–H and O–H groups in total. The third-order valence-corrected chi connectivity index (χ3v) is 5.55. The summed E-state index contributed by atoms with van der Waals surface area (Å²) < 4.78 is 11.9. The Balaban J connectivity index is 1.75. The number of ketones is 1. The van der Waals surface area contributed by atoms with Gasteiger partial charge in [-0.1, -0.05) is 30.2 Å². The SMILES string of the molecule is CC(C)=CC(=O)/C=C(\C)CCC[C@@]1(C)Oc2c(c(=O)oc3ccccc23)[C@@H]1C. The average Bonchev–Trinajstić information content (AvgIpc) is 2.86. The highest BCUT2D eigenvalue weighted by molar-refractivity contribution is 6.00. The second kappa shape index (κ2) is 7.78. The van der Waals surface area contributed by atoms with Crippen molar-refractivity contribution < 1.29 is 13.9 Å². The molecule has 0 unspecified atom stereocenters. The summed E-state index contributed by atoms with van der Waals surface area (Å²) in [5.41, 5.74) is 2.46. The molecule has 2 atom stereocenters. The van der Waals surface area contributed by atoms with Crippen molar-refractivity contribution >= 4 is 16.8 Å². The molecular weight excluding hydrogens is 352 g/mol. The molecule has 3 rings (SSSR count). The van der Waals surface area contributed by atoms with Crippen molar-refractivity contribution in [3.8, 4) is 5.75 Å². The quantitative estimate of drug-likeness (QED) is 0.476. The Morgan fingerprint density at radius 1 is 1.18 bits per heavy atom. The molecule has 28 heavy (non-hydrogen) atoms. The van der Waals surface area contributed by atoms with Crippen LogP contribution < -0.4 is 10.4 Å². The maximum atomic E-state index is 12.5. The van der Waals surface area contributed by atoms with Gasteiger partial charge in [-0.25, -0.2) is 4.79 Å². The van der Waals surface area contributed by atoms with Crippen molar-refractivity contribution in [1.82, 2.24) is 0 Å². The summed E-state index contributed by atoms with van der Waals surface area (Å²) in [7, 11) is 0. The number of para-hydroxylation sites is 1. The number of allylic oxidation sites excluding steroid dienone is 4. The molecule has 0 fully saturated rings. The number of benzene rings is 1. The first kappa shape index (κ1) is 20.1. The molecule has 0 saturated carbocycles. The minimum Gasteiger partial charge on any atom is -0.486 e. The van der Waals surface area contributed by atoms with Gasteiger partial charge in [-0.2, -0.15) is 0 Å². The summed E-state index contributed by atoms with van der Waals surface area (Å²) in [6, 6.07) is 7.49. The van der Waals surface area contributed by atoms with Gasteiger partial charge in [0.05, 0.1) is 10.9 Å². The Labute approximate surface area is 165 Å². The molecule has 4 nitrogen and oxygen atoms in total. The van der Waals surface area contributed by atoms with Crippen LogP contribution in [0, 0.1) is 0 Å². The van der Waals surface area contributed by atoms with Gasteiger partial charge in [-0.05, 0) is 71.2 Å². The molecule has 148 valence electrons. The summed E-state index contributed by atoms with van der Waals surface area (Å²) in [5, 5.41) is 0.844. The largest absolute Gasteiger partial charge is 0.486 e. The van der Waals surface area contributed by atoms with E-state index < -0.39 is 5.60 Å². The molecule has 2 heterocycles. The molecule has 0 radical (unpaired) electrons. The lowest BCUT2D eigenvalue weighted by Crippen LogP contribution is -2.33. The van der Waals surface area contributed by atoms with Crippen molar-refractivity contribution in [2.75, 3.05) is 0 Å². The number of carbonyl (C=O) groups excluding carboxylic acids is 1. The van der Waals surface area contributed by atoms with Crippen molar-refractivity contribution in [3.63, 3.8) is 0 Å². The van der Waals surface area contributed by atoms with E-state index in [2.05, 4.69) is 6.92 Å². The molecule has 0 spiro atoms. The van der Waals surface area contributed by atoms with Crippen molar-refractivity contribution in [2.24, 2.45) is 0 Å². The smallest absolute Gasteiger partial charge is 0.343 e. The van der Waals surface area contributed by atoms with Crippen LogP contribution in [0.25, 0.3) is 11.0 Å². The van der Waals surface area contributed by atoms with Crippen molar-refractivity contribution in [2.45, 2.75) is 65.4 Å². The van der Waals surface area contributed by atoms with Crippen LogP contribution in [0.15, 0.2) is 56.8 Å². The van der Waals surface area contributed by atoms with Gasteiger partial charge in [0, 0.05) is 5.92 Å². The van der Waals surface area contributed by atoms with Crippen LogP contribution in [0.4, 0.5) is 0 Å². The van der Waals surface area contributed by atoms with E-state index in [0.29, 0.717) is 16.9 Å². The lowest BCUT2D eigenvalue weighted by molar-refractivity contribution is -0.110. The predicted molar refractivity (Wildman–Crippen MR) is 112 cm³/mol. The fraction of sp³-hybridized carbons (Fsp3) is 0.417. The molecule has 4 heteroatoms. The Hall–Kier alpha value is -2.62. The third kappa shape index (κ3) is 3.96. The topological polar surface area (TPSA) is 56.5 Å². The maximum Gasteiger partial charge on any atom is 0.343 e. The minimum absolute atomic E-state index is 0.0330. The molecule has 1 aliphatic rings. The van der Waals surface area contributed by atoms with Crippen molar-refractivity contribution in [1.29, 1.82) is 0 Å². The summed E-state index contributed by atoms with van der Waals surface area (Å²) in [4.78, 5) is 24.4. The zero-order chi connectivity index (χ0) is 20.5. The Kier molecular flexibility index (Phi) is 5.59. The number of ether oxygens (including phenoxy) is 1. The van der Waals surface area contributed by atoms with Crippen LogP contribution in [0.5, 0.6) is 5.75 Å². The first-order valence-corrected chi connectivity index (χ1v) is 9.82. The Bertz CT molecular complexity index is 1020. The van der Waals surface area contributed by atoms with Crippen LogP contribution in [0.2, 0.25) is 0 Å². The standard InChI is InChI=1S/C24H28O4/c1-15(2)13-18(25)14-16(3)9-8-12-24(5)17(4)21-22(28-24)19-10-6-7-11-20(19)27-23(21)26/h6-7,10-11,13-14,17H,8-9,12H2,1-5H3/b16-14+/t17-,24+/m0/s1. The second-order valence-corrected chi connectivity index (χ2v) is 8.23. The van der Waals surface area contributed by atoms with E-state index >= 15 is 0 Å². The summed E-state index contributed by atoms with van der Waals surface area (Å²) in [6.07, 6.45) is 5.83. The molecular formula is C24H28O4. The lowest BCUT2D eigenvalue weighted by atomic mass is 9.83. The number of hydrogen-bond donors (Lipinski definition) is 0. The van der Waals surface area contributed by atoms with Crippen LogP contribution in [-0.4, -0.2) is 11.4 Å². The van der Waals surface area contributed by atoms with E-state index in [1.807, 2.05) is 45.9 Å². The van der Waals surface area contributed by atoms with Gasteiger partial charge in [0.25, 0.3) is 0 Å². The number of hydrogen-bond acceptors (Lipinski definition) is 4. The maximum absolute atomic E-state index is 12.5. The van der Waals surface area contributed by atoms with Crippen LogP contribution in [0.1, 0.15) is 65.4 Å². The molecule has 0 aliphatic carbocycles. The molecule has 0 bridgehead atoms.